The number of H-pyrrole nitrogens is 1. The van der Waals surface area contributed by atoms with Crippen molar-refractivity contribution >= 4 is 35.8 Å². The number of hydrogen-bond donors (Lipinski definition) is 2. The highest BCUT2D eigenvalue weighted by Crippen LogP contribution is 2.19. The molecule has 0 aromatic carbocycles. The Labute approximate surface area is 115 Å². The molecule has 0 aliphatic carbocycles. The molecule has 2 aromatic rings. The minimum Gasteiger partial charge on any atom is -0.356 e. The van der Waals surface area contributed by atoms with Crippen LogP contribution in [0.5, 0.6) is 0 Å². The van der Waals surface area contributed by atoms with Crippen LogP contribution < -0.4 is 5.32 Å². The van der Waals surface area contributed by atoms with Gasteiger partial charge in [0, 0.05) is 18.8 Å². The van der Waals surface area contributed by atoms with E-state index < -0.39 is 0 Å². The quantitative estimate of drug-likeness (QED) is 0.388. The van der Waals surface area contributed by atoms with Crippen molar-refractivity contribution in [1.82, 2.24) is 20.0 Å². The van der Waals surface area contributed by atoms with E-state index in [1.807, 2.05) is 13.0 Å². The number of hydrogen-bond acceptors (Lipinski definition) is 4. The van der Waals surface area contributed by atoms with Crippen LogP contribution in [0.15, 0.2) is 22.2 Å². The maximum absolute atomic E-state index is 5.69. The van der Waals surface area contributed by atoms with Crippen LogP contribution in [0, 0.1) is 6.92 Å². The smallest absolute Gasteiger partial charge is 0.176 e. The highest BCUT2D eigenvalue weighted by molar-refractivity contribution is 6.19. The molecule has 19 heavy (non-hydrogen) atoms. The van der Waals surface area contributed by atoms with Gasteiger partial charge in [0.15, 0.2) is 11.7 Å². The van der Waals surface area contributed by atoms with Gasteiger partial charge in [-0.1, -0.05) is 0 Å². The largest absolute Gasteiger partial charge is 0.356 e. The number of halogens is 1. The molecule has 0 fully saturated rings. The minimum atomic E-state index is 0.262. The number of amidine groups is 1. The van der Waals surface area contributed by atoms with Gasteiger partial charge >= 0.3 is 0 Å². The first-order chi connectivity index (χ1) is 9.15. The lowest BCUT2D eigenvalue weighted by Crippen LogP contribution is -2.06. The first kappa shape index (κ1) is 13.3. The first-order valence-corrected chi connectivity index (χ1v) is 6.08. The lowest BCUT2D eigenvalue weighted by molar-refractivity contribution is 0.774. The molecule has 8 heteroatoms. The number of alkyl halides is 1. The summed E-state index contributed by atoms with van der Waals surface area (Å²) in [5, 5.41) is 14.0. The molecule has 0 amide bonds. The van der Waals surface area contributed by atoms with Gasteiger partial charge in [0.1, 0.15) is 5.82 Å². The Morgan fingerprint density at radius 1 is 1.63 bits per heavy atom. The fraction of sp³-hybridized carbons (Fsp3) is 0.273. The van der Waals surface area contributed by atoms with Gasteiger partial charge in [-0.05, 0) is 13.6 Å². The van der Waals surface area contributed by atoms with E-state index >= 15 is 0 Å². The van der Waals surface area contributed by atoms with Crippen molar-refractivity contribution < 1.29 is 0 Å². The first-order valence-electron chi connectivity index (χ1n) is 5.55. The fourth-order valence-corrected chi connectivity index (χ4v) is 1.75. The standard InChI is InChI=1S/C11H14ClN7/c1-7-4-9(18-17-7)16-10(13-2)8-5-15-19(3)11(8)14-6-12/h4-5,14H,2,6H2,1,3H3,(H,17,18). The van der Waals surface area contributed by atoms with Crippen LogP contribution in [0.4, 0.5) is 11.6 Å². The maximum Gasteiger partial charge on any atom is 0.176 e. The predicted molar refractivity (Wildman–Crippen MR) is 76.6 cm³/mol. The van der Waals surface area contributed by atoms with Gasteiger partial charge < -0.3 is 5.32 Å². The van der Waals surface area contributed by atoms with Gasteiger partial charge in [0.05, 0.1) is 17.8 Å². The summed E-state index contributed by atoms with van der Waals surface area (Å²) in [6.45, 7) is 5.43. The third-order valence-corrected chi connectivity index (χ3v) is 2.61. The molecule has 0 spiro atoms. The Morgan fingerprint density at radius 3 is 3.00 bits per heavy atom. The molecule has 2 heterocycles. The Hall–Kier alpha value is -2.15. The van der Waals surface area contributed by atoms with Gasteiger partial charge in [-0.25, -0.2) is 9.98 Å². The van der Waals surface area contributed by atoms with Crippen LogP contribution in [-0.4, -0.2) is 38.5 Å². The maximum atomic E-state index is 5.69. The lowest BCUT2D eigenvalue weighted by atomic mass is 10.3. The normalized spacial score (nSPS) is 11.6. The molecule has 7 nitrogen and oxygen atoms in total. The lowest BCUT2D eigenvalue weighted by Gasteiger charge is -2.05. The molecule has 2 N–H and O–H groups in total. The molecule has 0 atom stereocenters. The van der Waals surface area contributed by atoms with Gasteiger partial charge in [0.2, 0.25) is 0 Å². The summed E-state index contributed by atoms with van der Waals surface area (Å²) in [5.74, 6) is 1.71. The molecular weight excluding hydrogens is 266 g/mol. The van der Waals surface area contributed by atoms with E-state index in [9.17, 15) is 0 Å². The van der Waals surface area contributed by atoms with Crippen LogP contribution in [-0.2, 0) is 7.05 Å². The van der Waals surface area contributed by atoms with Crippen molar-refractivity contribution in [2.45, 2.75) is 6.92 Å². The molecule has 0 aliphatic heterocycles. The van der Waals surface area contributed by atoms with E-state index in [1.54, 1.807) is 17.9 Å². The van der Waals surface area contributed by atoms with Gasteiger partial charge in [0.25, 0.3) is 0 Å². The summed E-state index contributed by atoms with van der Waals surface area (Å²) in [4.78, 5) is 8.26. The summed E-state index contributed by atoms with van der Waals surface area (Å²) in [6.07, 6.45) is 1.65. The number of aliphatic imine (C=N–C) groups is 2. The number of nitrogens with zero attached hydrogens (tertiary/aromatic N) is 5. The SMILES string of the molecule is C=NC(=Nc1cc(C)[nH]n1)c1cnn(C)c1NCCl. The third kappa shape index (κ3) is 2.82. The number of aromatic amines is 1. The summed E-state index contributed by atoms with van der Waals surface area (Å²) in [5.41, 5.74) is 1.64. The van der Waals surface area contributed by atoms with Crippen molar-refractivity contribution in [3.05, 3.63) is 23.5 Å². The number of aromatic nitrogens is 4. The molecule has 0 bridgehead atoms. The van der Waals surface area contributed by atoms with Crippen LogP contribution in [0.1, 0.15) is 11.3 Å². The Bertz CT molecular complexity index is 610. The summed E-state index contributed by atoms with van der Waals surface area (Å²) < 4.78 is 1.66. The van der Waals surface area contributed by atoms with Crippen molar-refractivity contribution in [3.63, 3.8) is 0 Å². The zero-order valence-electron chi connectivity index (χ0n) is 10.7. The van der Waals surface area contributed by atoms with E-state index in [4.69, 9.17) is 11.6 Å². The predicted octanol–water partition coefficient (Wildman–Crippen LogP) is 1.84. The van der Waals surface area contributed by atoms with E-state index in [0.29, 0.717) is 11.7 Å². The van der Waals surface area contributed by atoms with Crippen molar-refractivity contribution in [2.24, 2.45) is 17.0 Å². The average molecular weight is 280 g/mol. The summed E-state index contributed by atoms with van der Waals surface area (Å²) in [6, 6.07) is 2.08. The molecule has 2 rings (SSSR count). The van der Waals surface area contributed by atoms with E-state index in [1.165, 1.54) is 0 Å². The van der Waals surface area contributed by atoms with Crippen molar-refractivity contribution in [2.75, 3.05) is 11.3 Å². The molecular formula is C11H14ClN7. The zero-order valence-corrected chi connectivity index (χ0v) is 11.4. The molecule has 2 aromatic heterocycles. The molecule has 100 valence electrons. The number of aryl methyl sites for hydroxylation is 2. The van der Waals surface area contributed by atoms with Gasteiger partial charge in [-0.3, -0.25) is 9.78 Å². The summed E-state index contributed by atoms with van der Waals surface area (Å²) in [7, 11) is 1.80. The van der Waals surface area contributed by atoms with Crippen LogP contribution in [0.25, 0.3) is 0 Å². The second-order valence-corrected chi connectivity index (χ2v) is 4.11. The number of anilines is 1. The fourth-order valence-electron chi connectivity index (χ4n) is 1.62. The monoisotopic (exact) mass is 279 g/mol. The Balaban J connectivity index is 2.42. The highest BCUT2D eigenvalue weighted by atomic mass is 35.5. The van der Waals surface area contributed by atoms with Crippen LogP contribution >= 0.6 is 11.6 Å². The van der Waals surface area contributed by atoms with E-state index in [2.05, 4.69) is 37.3 Å². The highest BCUT2D eigenvalue weighted by Gasteiger charge is 2.13. The number of rotatable bonds is 4. The molecule has 0 saturated heterocycles. The second-order valence-electron chi connectivity index (χ2n) is 3.84. The van der Waals surface area contributed by atoms with Crippen molar-refractivity contribution in [1.29, 1.82) is 0 Å². The molecule has 0 saturated carbocycles. The Kier molecular flexibility index (Phi) is 3.96. The third-order valence-electron chi connectivity index (χ3n) is 2.48. The minimum absolute atomic E-state index is 0.262. The van der Waals surface area contributed by atoms with Crippen LogP contribution in [0.3, 0.4) is 0 Å². The van der Waals surface area contributed by atoms with Gasteiger partial charge in [-0.2, -0.15) is 10.2 Å². The summed E-state index contributed by atoms with van der Waals surface area (Å²) >= 11 is 5.69. The van der Waals surface area contributed by atoms with Crippen LogP contribution in [0.2, 0.25) is 0 Å². The second kappa shape index (κ2) is 5.66. The Morgan fingerprint density at radius 2 is 2.42 bits per heavy atom. The molecule has 0 aliphatic rings. The van der Waals surface area contributed by atoms with Crippen molar-refractivity contribution in [3.8, 4) is 0 Å². The molecule has 0 radical (unpaired) electrons. The van der Waals surface area contributed by atoms with E-state index in [0.717, 1.165) is 17.1 Å². The topological polar surface area (TPSA) is 83.2 Å². The van der Waals surface area contributed by atoms with E-state index in [-0.39, 0.29) is 6.00 Å². The number of nitrogens with one attached hydrogen (secondary N) is 2. The van der Waals surface area contributed by atoms with Gasteiger partial charge in [-0.15, -0.1) is 11.6 Å². The average Bonchev–Trinajstić information content (AvgIpc) is 2.95. The zero-order chi connectivity index (χ0) is 13.8. The molecule has 0 unspecified atom stereocenters.